The Hall–Kier alpha value is -1.16. The molecule has 3 nitrogen and oxygen atoms in total. The van der Waals surface area contributed by atoms with E-state index in [9.17, 15) is 4.39 Å². The lowest BCUT2D eigenvalue weighted by Crippen LogP contribution is -2.33. The molecule has 1 N–H and O–H groups in total. The Morgan fingerprint density at radius 1 is 1.47 bits per heavy atom. The van der Waals surface area contributed by atoms with Crippen molar-refractivity contribution in [1.82, 2.24) is 10.3 Å². The Labute approximate surface area is 90.3 Å². The molecule has 0 saturated carbocycles. The summed E-state index contributed by atoms with van der Waals surface area (Å²) in [6.45, 7) is 7.37. The molecule has 1 heterocycles. The minimum atomic E-state index is -0.254. The van der Waals surface area contributed by atoms with Crippen LogP contribution < -0.4 is 10.2 Å². The number of hydrogen-bond acceptors (Lipinski definition) is 3. The van der Waals surface area contributed by atoms with E-state index in [1.807, 2.05) is 11.8 Å². The molecular formula is C11H18FN3. The topological polar surface area (TPSA) is 28.2 Å². The summed E-state index contributed by atoms with van der Waals surface area (Å²) in [4.78, 5) is 5.98. The second-order valence-electron chi connectivity index (χ2n) is 3.24. The molecule has 0 aliphatic rings. The van der Waals surface area contributed by atoms with E-state index < -0.39 is 0 Å². The molecule has 0 aliphatic carbocycles. The minimum Gasteiger partial charge on any atom is -0.353 e. The average Bonchev–Trinajstić information content (AvgIpc) is 2.26. The van der Waals surface area contributed by atoms with Gasteiger partial charge in [-0.1, -0.05) is 6.92 Å². The zero-order valence-electron chi connectivity index (χ0n) is 9.33. The summed E-state index contributed by atoms with van der Waals surface area (Å²) in [6, 6.07) is 3.05. The van der Waals surface area contributed by atoms with E-state index >= 15 is 0 Å². The summed E-state index contributed by atoms with van der Waals surface area (Å²) in [5, 5.41) is 3.21. The van der Waals surface area contributed by atoms with Gasteiger partial charge in [-0.2, -0.15) is 0 Å². The van der Waals surface area contributed by atoms with Gasteiger partial charge in [-0.15, -0.1) is 0 Å². The fourth-order valence-corrected chi connectivity index (χ4v) is 1.41. The maximum absolute atomic E-state index is 13.4. The fourth-order valence-electron chi connectivity index (χ4n) is 1.41. The molecule has 0 bridgehead atoms. The third-order valence-electron chi connectivity index (χ3n) is 2.23. The Kier molecular flexibility index (Phi) is 5.04. The fraction of sp³-hybridized carbons (Fsp3) is 0.545. The molecule has 0 amide bonds. The zero-order valence-corrected chi connectivity index (χ0v) is 9.33. The molecule has 0 fully saturated rings. The first-order valence-corrected chi connectivity index (χ1v) is 5.35. The third kappa shape index (κ3) is 3.47. The van der Waals surface area contributed by atoms with Crippen LogP contribution in [0, 0.1) is 5.82 Å². The van der Waals surface area contributed by atoms with Gasteiger partial charge < -0.3 is 10.2 Å². The van der Waals surface area contributed by atoms with Crippen molar-refractivity contribution in [1.29, 1.82) is 0 Å². The summed E-state index contributed by atoms with van der Waals surface area (Å²) in [5.74, 6) is 0.189. The molecule has 4 heteroatoms. The number of aromatic nitrogens is 1. The van der Waals surface area contributed by atoms with Crippen LogP contribution in [0.4, 0.5) is 10.2 Å². The molecule has 0 unspecified atom stereocenters. The first kappa shape index (κ1) is 11.9. The largest absolute Gasteiger partial charge is 0.353 e. The number of likely N-dealkylation sites (N-methyl/N-ethyl adjacent to an activating group) is 2. The van der Waals surface area contributed by atoms with Crippen molar-refractivity contribution in [3.05, 3.63) is 24.1 Å². The van der Waals surface area contributed by atoms with Crippen LogP contribution in [0.1, 0.15) is 13.8 Å². The van der Waals surface area contributed by atoms with Crippen LogP contribution in [0.25, 0.3) is 0 Å². The van der Waals surface area contributed by atoms with Gasteiger partial charge in [-0.25, -0.2) is 9.37 Å². The van der Waals surface area contributed by atoms with Crippen molar-refractivity contribution in [2.75, 3.05) is 31.1 Å². The van der Waals surface area contributed by atoms with Crippen LogP contribution >= 0.6 is 0 Å². The van der Waals surface area contributed by atoms with Gasteiger partial charge in [-0.05, 0) is 25.6 Å². The highest BCUT2D eigenvalue weighted by Gasteiger charge is 2.09. The van der Waals surface area contributed by atoms with E-state index in [4.69, 9.17) is 0 Å². The molecular weight excluding hydrogens is 193 g/mol. The van der Waals surface area contributed by atoms with Crippen LogP contribution in [-0.4, -0.2) is 31.2 Å². The van der Waals surface area contributed by atoms with Crippen molar-refractivity contribution < 1.29 is 4.39 Å². The summed E-state index contributed by atoms with van der Waals surface area (Å²) < 4.78 is 13.4. The molecule has 0 aromatic carbocycles. The Bertz CT molecular complexity index is 291. The van der Waals surface area contributed by atoms with Gasteiger partial charge in [0.1, 0.15) is 0 Å². The smallest absolute Gasteiger partial charge is 0.165 e. The first-order chi connectivity index (χ1) is 7.29. The number of rotatable bonds is 6. The monoisotopic (exact) mass is 211 g/mol. The molecule has 0 spiro atoms. The van der Waals surface area contributed by atoms with Crippen LogP contribution in [0.15, 0.2) is 18.3 Å². The number of pyridine rings is 1. The lowest BCUT2D eigenvalue weighted by Gasteiger charge is -2.22. The predicted molar refractivity (Wildman–Crippen MR) is 60.6 cm³/mol. The number of anilines is 1. The van der Waals surface area contributed by atoms with Gasteiger partial charge in [0, 0.05) is 25.8 Å². The average molecular weight is 211 g/mol. The molecule has 0 atom stereocenters. The summed E-state index contributed by atoms with van der Waals surface area (Å²) >= 11 is 0. The normalized spacial score (nSPS) is 10.3. The van der Waals surface area contributed by atoms with Crippen molar-refractivity contribution >= 4 is 5.82 Å². The van der Waals surface area contributed by atoms with E-state index in [2.05, 4.69) is 17.2 Å². The highest BCUT2D eigenvalue weighted by atomic mass is 19.1. The Morgan fingerprint density at radius 3 is 2.87 bits per heavy atom. The van der Waals surface area contributed by atoms with E-state index in [-0.39, 0.29) is 5.82 Å². The molecule has 0 saturated heterocycles. The molecule has 1 aromatic rings. The quantitative estimate of drug-likeness (QED) is 0.725. The molecule has 0 radical (unpaired) electrons. The second-order valence-corrected chi connectivity index (χ2v) is 3.24. The van der Waals surface area contributed by atoms with Gasteiger partial charge in [-0.3, -0.25) is 0 Å². The third-order valence-corrected chi connectivity index (χ3v) is 2.23. The number of nitrogens with zero attached hydrogens (tertiary/aromatic N) is 2. The number of hydrogen-bond donors (Lipinski definition) is 1. The van der Waals surface area contributed by atoms with Gasteiger partial charge in [0.15, 0.2) is 11.6 Å². The van der Waals surface area contributed by atoms with Gasteiger partial charge >= 0.3 is 0 Å². The summed E-state index contributed by atoms with van der Waals surface area (Å²) in [7, 11) is 0. The van der Waals surface area contributed by atoms with Crippen molar-refractivity contribution in [2.45, 2.75) is 13.8 Å². The lowest BCUT2D eigenvalue weighted by molar-refractivity contribution is 0.603. The van der Waals surface area contributed by atoms with E-state index in [1.165, 1.54) is 6.07 Å². The highest BCUT2D eigenvalue weighted by Crippen LogP contribution is 2.13. The van der Waals surface area contributed by atoms with Crippen LogP contribution in [0.5, 0.6) is 0 Å². The van der Waals surface area contributed by atoms with E-state index in [1.54, 1.807) is 12.3 Å². The SMILES string of the molecule is CCNCCN(CC)c1ncccc1F. The van der Waals surface area contributed by atoms with Gasteiger partial charge in [0.25, 0.3) is 0 Å². The van der Waals surface area contributed by atoms with Crippen molar-refractivity contribution in [3.8, 4) is 0 Å². The molecule has 1 rings (SSSR count). The van der Waals surface area contributed by atoms with Gasteiger partial charge in [0.2, 0.25) is 0 Å². The summed E-state index contributed by atoms with van der Waals surface area (Å²) in [6.07, 6.45) is 1.62. The first-order valence-electron chi connectivity index (χ1n) is 5.35. The molecule has 1 aromatic heterocycles. The Balaban J connectivity index is 2.61. The molecule has 0 aliphatic heterocycles. The standard InChI is InChI=1S/C11H18FN3/c1-3-13-8-9-15(4-2)11-10(12)6-5-7-14-11/h5-7,13H,3-4,8-9H2,1-2H3. The lowest BCUT2D eigenvalue weighted by atomic mass is 10.4. The molecule has 84 valence electrons. The maximum Gasteiger partial charge on any atom is 0.165 e. The van der Waals surface area contributed by atoms with Crippen LogP contribution in [0.3, 0.4) is 0 Å². The van der Waals surface area contributed by atoms with Crippen LogP contribution in [-0.2, 0) is 0 Å². The predicted octanol–water partition coefficient (Wildman–Crippen LogP) is 1.66. The minimum absolute atomic E-state index is 0.254. The van der Waals surface area contributed by atoms with E-state index in [0.29, 0.717) is 5.82 Å². The summed E-state index contributed by atoms with van der Waals surface area (Å²) in [5.41, 5.74) is 0. The van der Waals surface area contributed by atoms with Crippen molar-refractivity contribution in [2.24, 2.45) is 0 Å². The maximum atomic E-state index is 13.4. The number of halogens is 1. The second kappa shape index (κ2) is 6.35. The highest BCUT2D eigenvalue weighted by molar-refractivity contribution is 5.39. The number of nitrogens with one attached hydrogen (secondary N) is 1. The van der Waals surface area contributed by atoms with Crippen molar-refractivity contribution in [3.63, 3.8) is 0 Å². The Morgan fingerprint density at radius 2 is 2.27 bits per heavy atom. The zero-order chi connectivity index (χ0) is 11.1. The molecule has 15 heavy (non-hydrogen) atoms. The van der Waals surface area contributed by atoms with E-state index in [0.717, 1.165) is 26.2 Å². The van der Waals surface area contributed by atoms with Crippen LogP contribution in [0.2, 0.25) is 0 Å². The van der Waals surface area contributed by atoms with Gasteiger partial charge in [0.05, 0.1) is 0 Å².